The smallest absolute Gasteiger partial charge is 0.320 e. The van der Waals surface area contributed by atoms with Crippen molar-refractivity contribution in [2.45, 2.75) is 19.1 Å². The molecule has 0 radical (unpaired) electrons. The predicted molar refractivity (Wildman–Crippen MR) is 115 cm³/mol. The third-order valence-electron chi connectivity index (χ3n) is 4.78. The molecule has 0 heterocycles. The van der Waals surface area contributed by atoms with E-state index in [-0.39, 0.29) is 6.42 Å². The summed E-state index contributed by atoms with van der Waals surface area (Å²) >= 11 is 0. The van der Waals surface area contributed by atoms with Gasteiger partial charge in [-0.3, -0.25) is 4.79 Å². The van der Waals surface area contributed by atoms with Crippen LogP contribution >= 0.6 is 0 Å². The van der Waals surface area contributed by atoms with E-state index in [0.717, 1.165) is 22.3 Å². The molecule has 0 saturated carbocycles. The molecule has 30 heavy (non-hydrogen) atoms. The summed E-state index contributed by atoms with van der Waals surface area (Å²) in [6.45, 7) is 0.350. The number of benzene rings is 3. The van der Waals surface area contributed by atoms with Crippen molar-refractivity contribution >= 4 is 5.97 Å². The lowest BCUT2D eigenvalue weighted by Crippen LogP contribution is -2.32. The minimum absolute atomic E-state index is 0.156. The molecular weight excluding hydrogens is 382 g/mol. The van der Waals surface area contributed by atoms with Gasteiger partial charge in [-0.15, -0.1) is 0 Å². The summed E-state index contributed by atoms with van der Waals surface area (Å²) in [5.74, 6) is 0.845. The number of carboxylic acids is 1. The fourth-order valence-corrected chi connectivity index (χ4v) is 3.21. The van der Waals surface area contributed by atoms with Crippen molar-refractivity contribution in [1.82, 2.24) is 0 Å². The Morgan fingerprint density at radius 3 is 2.20 bits per heavy atom. The zero-order chi connectivity index (χ0) is 21.5. The van der Waals surface area contributed by atoms with E-state index in [4.69, 9.17) is 19.9 Å². The first-order valence-corrected chi connectivity index (χ1v) is 9.53. The van der Waals surface area contributed by atoms with E-state index in [1.165, 1.54) is 0 Å². The number of hydrogen-bond acceptors (Lipinski definition) is 5. The zero-order valence-corrected chi connectivity index (χ0v) is 17.0. The number of hydrogen-bond donors (Lipinski definition) is 2. The Morgan fingerprint density at radius 2 is 1.60 bits per heavy atom. The third kappa shape index (κ3) is 4.90. The first kappa shape index (κ1) is 21.2. The Kier molecular flexibility index (Phi) is 6.93. The van der Waals surface area contributed by atoms with Crippen molar-refractivity contribution in [3.8, 4) is 28.4 Å². The molecule has 6 nitrogen and oxygen atoms in total. The molecule has 0 aliphatic carbocycles. The average molecular weight is 407 g/mol. The van der Waals surface area contributed by atoms with Gasteiger partial charge in [-0.05, 0) is 34.9 Å². The van der Waals surface area contributed by atoms with Crippen LogP contribution < -0.4 is 19.9 Å². The summed E-state index contributed by atoms with van der Waals surface area (Å²) in [7, 11) is 3.21. The first-order chi connectivity index (χ1) is 14.5. The molecule has 3 aromatic rings. The van der Waals surface area contributed by atoms with Crippen molar-refractivity contribution in [3.63, 3.8) is 0 Å². The molecule has 0 fully saturated rings. The predicted octanol–water partition coefficient (Wildman–Crippen LogP) is 3.90. The Hall–Kier alpha value is -3.51. The van der Waals surface area contributed by atoms with Gasteiger partial charge in [-0.1, -0.05) is 48.5 Å². The van der Waals surface area contributed by atoms with Crippen LogP contribution in [0.3, 0.4) is 0 Å². The highest BCUT2D eigenvalue weighted by Gasteiger charge is 2.18. The molecule has 156 valence electrons. The van der Waals surface area contributed by atoms with Gasteiger partial charge in [0.25, 0.3) is 0 Å². The molecule has 0 aliphatic rings. The minimum atomic E-state index is -1.06. The summed E-state index contributed by atoms with van der Waals surface area (Å²) in [6.07, 6.45) is 0.156. The van der Waals surface area contributed by atoms with Gasteiger partial charge in [0.15, 0.2) is 0 Å². The first-order valence-electron chi connectivity index (χ1n) is 9.53. The molecule has 6 heteroatoms. The summed E-state index contributed by atoms with van der Waals surface area (Å²) in [5.41, 5.74) is 9.12. The summed E-state index contributed by atoms with van der Waals surface area (Å²) < 4.78 is 17.1. The maximum atomic E-state index is 11.3. The van der Waals surface area contributed by atoms with Crippen LogP contribution in [0.25, 0.3) is 11.1 Å². The van der Waals surface area contributed by atoms with E-state index in [1.54, 1.807) is 14.2 Å². The quantitative estimate of drug-likeness (QED) is 0.559. The van der Waals surface area contributed by atoms with E-state index in [9.17, 15) is 9.90 Å². The number of ether oxygens (including phenoxy) is 3. The molecular formula is C24H25NO5. The lowest BCUT2D eigenvalue weighted by atomic mass is 9.98. The van der Waals surface area contributed by atoms with E-state index < -0.39 is 12.0 Å². The van der Waals surface area contributed by atoms with E-state index >= 15 is 0 Å². The largest absolute Gasteiger partial charge is 0.496 e. The molecule has 3 aromatic carbocycles. The summed E-state index contributed by atoms with van der Waals surface area (Å²) in [4.78, 5) is 11.3. The van der Waals surface area contributed by atoms with Crippen molar-refractivity contribution in [3.05, 3.63) is 77.9 Å². The highest BCUT2D eigenvalue weighted by Crippen LogP contribution is 2.40. The Labute approximate surface area is 175 Å². The van der Waals surface area contributed by atoms with Crippen molar-refractivity contribution in [2.75, 3.05) is 14.2 Å². The van der Waals surface area contributed by atoms with Gasteiger partial charge in [-0.25, -0.2) is 0 Å². The second-order valence-electron chi connectivity index (χ2n) is 6.78. The van der Waals surface area contributed by atoms with Gasteiger partial charge < -0.3 is 25.1 Å². The van der Waals surface area contributed by atoms with Crippen molar-refractivity contribution in [2.24, 2.45) is 5.73 Å². The summed E-state index contributed by atoms with van der Waals surface area (Å²) in [6, 6.07) is 19.9. The maximum Gasteiger partial charge on any atom is 0.320 e. The molecule has 1 atom stereocenters. The van der Waals surface area contributed by atoms with Crippen LogP contribution in [0.15, 0.2) is 66.7 Å². The Balaban J connectivity index is 2.01. The molecule has 0 bridgehead atoms. The fraction of sp³-hybridized carbons (Fsp3) is 0.208. The standard InChI is InChI=1S/C24H25NO5/c1-28-20-9-6-10-21(29-2)23(20)18-12-11-17(13-19(25)24(26)27)22(14-18)30-15-16-7-4-3-5-8-16/h3-12,14,19H,13,15,25H2,1-2H3,(H,26,27)/t19-/m0/s1. The number of carboxylic acid groups (broad SMARTS) is 1. The van der Waals surface area contributed by atoms with Gasteiger partial charge in [-0.2, -0.15) is 0 Å². The van der Waals surface area contributed by atoms with E-state index in [0.29, 0.717) is 23.9 Å². The highest BCUT2D eigenvalue weighted by atomic mass is 16.5. The van der Waals surface area contributed by atoms with Gasteiger partial charge in [0.2, 0.25) is 0 Å². The van der Waals surface area contributed by atoms with Crippen LogP contribution in [0.5, 0.6) is 17.2 Å². The Morgan fingerprint density at radius 1 is 0.933 bits per heavy atom. The topological polar surface area (TPSA) is 91.0 Å². The monoisotopic (exact) mass is 407 g/mol. The highest BCUT2D eigenvalue weighted by molar-refractivity contribution is 5.78. The maximum absolute atomic E-state index is 11.3. The molecule has 0 saturated heterocycles. The molecule has 0 spiro atoms. The van der Waals surface area contributed by atoms with Crippen LogP contribution in [0.4, 0.5) is 0 Å². The third-order valence-corrected chi connectivity index (χ3v) is 4.78. The van der Waals surface area contributed by atoms with Crippen LogP contribution in [-0.2, 0) is 17.8 Å². The van der Waals surface area contributed by atoms with Crippen molar-refractivity contribution < 1.29 is 24.1 Å². The van der Waals surface area contributed by atoms with E-state index in [1.807, 2.05) is 66.7 Å². The van der Waals surface area contributed by atoms with Crippen LogP contribution in [0.1, 0.15) is 11.1 Å². The van der Waals surface area contributed by atoms with Gasteiger partial charge in [0, 0.05) is 6.42 Å². The average Bonchev–Trinajstić information content (AvgIpc) is 2.78. The normalized spacial score (nSPS) is 11.6. The molecule has 0 aliphatic heterocycles. The number of rotatable bonds is 9. The second kappa shape index (κ2) is 9.80. The van der Waals surface area contributed by atoms with Gasteiger partial charge >= 0.3 is 5.97 Å². The number of methoxy groups -OCH3 is 2. The molecule has 3 N–H and O–H groups in total. The van der Waals surface area contributed by atoms with Crippen LogP contribution in [0.2, 0.25) is 0 Å². The summed E-state index contributed by atoms with van der Waals surface area (Å²) in [5, 5.41) is 9.21. The second-order valence-corrected chi connectivity index (χ2v) is 6.78. The van der Waals surface area contributed by atoms with E-state index in [2.05, 4.69) is 0 Å². The molecule has 0 amide bonds. The Bertz CT molecular complexity index is 981. The van der Waals surface area contributed by atoms with Crippen LogP contribution in [0, 0.1) is 0 Å². The lowest BCUT2D eigenvalue weighted by molar-refractivity contribution is -0.138. The number of nitrogens with two attached hydrogens (primary N) is 1. The molecule has 0 aromatic heterocycles. The van der Waals surface area contributed by atoms with Crippen LogP contribution in [-0.4, -0.2) is 31.3 Å². The van der Waals surface area contributed by atoms with Gasteiger partial charge in [0.1, 0.15) is 29.9 Å². The fourth-order valence-electron chi connectivity index (χ4n) is 3.21. The SMILES string of the molecule is COc1cccc(OC)c1-c1ccc(C[C@H](N)C(=O)O)c(OCc2ccccc2)c1. The minimum Gasteiger partial charge on any atom is -0.496 e. The lowest BCUT2D eigenvalue weighted by Gasteiger charge is -2.17. The molecule has 3 rings (SSSR count). The van der Waals surface area contributed by atoms with Gasteiger partial charge in [0.05, 0.1) is 19.8 Å². The molecule has 0 unspecified atom stereocenters. The number of carbonyl (C=O) groups is 1. The number of aliphatic carboxylic acids is 1. The van der Waals surface area contributed by atoms with Crippen molar-refractivity contribution in [1.29, 1.82) is 0 Å². The zero-order valence-electron chi connectivity index (χ0n) is 17.0.